The summed E-state index contributed by atoms with van der Waals surface area (Å²) in [6.45, 7) is 12.7. The van der Waals surface area contributed by atoms with Crippen molar-refractivity contribution >= 4 is 0 Å². The fourth-order valence-electron chi connectivity index (χ4n) is 3.51. The third kappa shape index (κ3) is 3.74. The summed E-state index contributed by atoms with van der Waals surface area (Å²) < 4.78 is 0. The third-order valence-electron chi connectivity index (χ3n) is 3.70. The average molecular weight is 226 g/mol. The molecule has 2 nitrogen and oxygen atoms in total. The van der Waals surface area contributed by atoms with Crippen molar-refractivity contribution < 1.29 is 0 Å². The van der Waals surface area contributed by atoms with Crippen molar-refractivity contribution in [1.82, 2.24) is 4.90 Å². The minimum atomic E-state index is 0.353. The molecule has 4 unspecified atom stereocenters. The van der Waals surface area contributed by atoms with Crippen molar-refractivity contribution in [3.8, 4) is 0 Å². The first kappa shape index (κ1) is 14.0. The van der Waals surface area contributed by atoms with Gasteiger partial charge in [-0.15, -0.1) is 0 Å². The van der Waals surface area contributed by atoms with Crippen LogP contribution in [-0.2, 0) is 0 Å². The van der Waals surface area contributed by atoms with Crippen LogP contribution in [0, 0.1) is 17.3 Å². The molecule has 1 saturated carbocycles. The number of rotatable bonds is 2. The van der Waals surface area contributed by atoms with Crippen LogP contribution in [0.25, 0.3) is 0 Å². The zero-order valence-electron chi connectivity index (χ0n) is 12.0. The Balaban J connectivity index is 2.63. The Hall–Kier alpha value is -0.0800. The van der Waals surface area contributed by atoms with E-state index in [1.165, 1.54) is 12.8 Å². The van der Waals surface area contributed by atoms with E-state index in [-0.39, 0.29) is 0 Å². The molecule has 0 aromatic rings. The average Bonchev–Trinajstić information content (AvgIpc) is 1.96. The van der Waals surface area contributed by atoms with Crippen molar-refractivity contribution in [3.05, 3.63) is 0 Å². The normalized spacial score (nSPS) is 36.8. The van der Waals surface area contributed by atoms with Crippen molar-refractivity contribution in [2.75, 3.05) is 13.6 Å². The quantitative estimate of drug-likeness (QED) is 0.784. The molecule has 0 spiro atoms. The summed E-state index contributed by atoms with van der Waals surface area (Å²) in [6, 6.07) is 0.918. The minimum absolute atomic E-state index is 0.353. The lowest BCUT2D eigenvalue weighted by molar-refractivity contribution is 0.0713. The van der Waals surface area contributed by atoms with E-state index in [0.717, 1.165) is 18.4 Å². The Labute approximate surface area is 102 Å². The van der Waals surface area contributed by atoms with E-state index in [1.807, 2.05) is 0 Å². The maximum Gasteiger partial charge on any atom is 0.0270 e. The highest BCUT2D eigenvalue weighted by Crippen LogP contribution is 2.32. The van der Waals surface area contributed by atoms with Gasteiger partial charge in [-0.1, -0.05) is 34.6 Å². The predicted molar refractivity (Wildman–Crippen MR) is 71.4 cm³/mol. The van der Waals surface area contributed by atoms with Crippen LogP contribution in [0.1, 0.15) is 47.5 Å². The standard InChI is InChI=1S/C14H30N2/c1-10-7-11(2)13(12(15)8-10)16(6)9-14(3,4)5/h10-13H,7-9,15H2,1-6H3. The second-order valence-corrected chi connectivity index (χ2v) is 7.18. The number of likely N-dealkylation sites (N-methyl/N-ethyl adjacent to an activating group) is 1. The van der Waals surface area contributed by atoms with Gasteiger partial charge in [0.2, 0.25) is 0 Å². The lowest BCUT2D eigenvalue weighted by Gasteiger charge is -2.44. The molecule has 1 aliphatic rings. The second kappa shape index (κ2) is 5.05. The Kier molecular flexibility index (Phi) is 4.42. The van der Waals surface area contributed by atoms with Crippen LogP contribution in [0.2, 0.25) is 0 Å². The van der Waals surface area contributed by atoms with E-state index in [2.05, 4.69) is 46.6 Å². The van der Waals surface area contributed by atoms with Gasteiger partial charge in [-0.3, -0.25) is 0 Å². The molecule has 0 radical (unpaired) electrons. The van der Waals surface area contributed by atoms with E-state index >= 15 is 0 Å². The first-order valence-corrected chi connectivity index (χ1v) is 6.66. The molecule has 0 aromatic heterocycles. The van der Waals surface area contributed by atoms with Crippen LogP contribution in [-0.4, -0.2) is 30.6 Å². The van der Waals surface area contributed by atoms with Gasteiger partial charge in [-0.2, -0.15) is 0 Å². The van der Waals surface area contributed by atoms with Crippen molar-refractivity contribution in [2.45, 2.75) is 59.5 Å². The van der Waals surface area contributed by atoms with Crippen molar-refractivity contribution in [3.63, 3.8) is 0 Å². The number of hydrogen-bond acceptors (Lipinski definition) is 2. The van der Waals surface area contributed by atoms with E-state index in [0.29, 0.717) is 17.5 Å². The molecule has 2 N–H and O–H groups in total. The van der Waals surface area contributed by atoms with E-state index in [9.17, 15) is 0 Å². The number of nitrogens with two attached hydrogens (primary N) is 1. The smallest absolute Gasteiger partial charge is 0.0270 e. The van der Waals surface area contributed by atoms with E-state index in [1.54, 1.807) is 0 Å². The highest BCUT2D eigenvalue weighted by Gasteiger charge is 2.35. The monoisotopic (exact) mass is 226 g/mol. The van der Waals surface area contributed by atoms with Crippen LogP contribution >= 0.6 is 0 Å². The van der Waals surface area contributed by atoms with Gasteiger partial charge in [0.1, 0.15) is 0 Å². The summed E-state index contributed by atoms with van der Waals surface area (Å²) in [5, 5.41) is 0. The van der Waals surface area contributed by atoms with Crippen molar-refractivity contribution in [1.29, 1.82) is 0 Å². The molecule has 0 amide bonds. The zero-order valence-corrected chi connectivity index (χ0v) is 12.0. The van der Waals surface area contributed by atoms with Crippen LogP contribution in [0.15, 0.2) is 0 Å². The first-order chi connectivity index (χ1) is 7.20. The van der Waals surface area contributed by atoms with E-state index in [4.69, 9.17) is 5.73 Å². The summed E-state index contributed by atoms with van der Waals surface area (Å²) in [7, 11) is 2.24. The zero-order chi connectivity index (χ0) is 12.5. The lowest BCUT2D eigenvalue weighted by atomic mass is 9.76. The second-order valence-electron chi connectivity index (χ2n) is 7.18. The van der Waals surface area contributed by atoms with Gasteiger partial charge in [0.15, 0.2) is 0 Å². The first-order valence-electron chi connectivity index (χ1n) is 6.66. The fraction of sp³-hybridized carbons (Fsp3) is 1.00. The molecule has 1 rings (SSSR count). The molecule has 0 bridgehead atoms. The predicted octanol–water partition coefficient (Wildman–Crippen LogP) is 2.73. The van der Waals surface area contributed by atoms with Gasteiger partial charge in [0.05, 0.1) is 0 Å². The van der Waals surface area contributed by atoms with Gasteiger partial charge in [0.25, 0.3) is 0 Å². The van der Waals surface area contributed by atoms with Crippen LogP contribution in [0.5, 0.6) is 0 Å². The Bertz CT molecular complexity index is 207. The molecule has 0 aromatic carbocycles. The summed E-state index contributed by atoms with van der Waals surface area (Å²) in [5.41, 5.74) is 6.70. The molecule has 4 atom stereocenters. The van der Waals surface area contributed by atoms with Gasteiger partial charge in [-0.05, 0) is 37.1 Å². The highest BCUT2D eigenvalue weighted by molar-refractivity contribution is 4.92. The van der Waals surface area contributed by atoms with Gasteiger partial charge < -0.3 is 10.6 Å². The summed E-state index contributed by atoms with van der Waals surface area (Å²) in [5.74, 6) is 1.52. The lowest BCUT2D eigenvalue weighted by Crippen LogP contribution is -2.55. The van der Waals surface area contributed by atoms with Gasteiger partial charge >= 0.3 is 0 Å². The number of hydrogen-bond donors (Lipinski definition) is 1. The molecule has 96 valence electrons. The minimum Gasteiger partial charge on any atom is -0.326 e. The molecular formula is C14H30N2. The Morgan fingerprint density at radius 2 is 1.75 bits per heavy atom. The summed E-state index contributed by atoms with van der Waals surface area (Å²) in [4.78, 5) is 2.49. The molecule has 0 aliphatic heterocycles. The largest absolute Gasteiger partial charge is 0.326 e. The maximum atomic E-state index is 6.34. The third-order valence-corrected chi connectivity index (χ3v) is 3.70. The van der Waals surface area contributed by atoms with Crippen molar-refractivity contribution in [2.24, 2.45) is 23.0 Å². The molecule has 0 saturated heterocycles. The molecule has 1 fully saturated rings. The molecule has 2 heteroatoms. The Morgan fingerprint density at radius 3 is 2.19 bits per heavy atom. The Morgan fingerprint density at radius 1 is 1.19 bits per heavy atom. The fourth-order valence-corrected chi connectivity index (χ4v) is 3.51. The highest BCUT2D eigenvalue weighted by atomic mass is 15.2. The molecular weight excluding hydrogens is 196 g/mol. The van der Waals surface area contributed by atoms with Gasteiger partial charge in [-0.25, -0.2) is 0 Å². The summed E-state index contributed by atoms with van der Waals surface area (Å²) >= 11 is 0. The summed E-state index contributed by atoms with van der Waals surface area (Å²) in [6.07, 6.45) is 2.51. The number of nitrogens with zero attached hydrogens (tertiary/aromatic N) is 1. The van der Waals surface area contributed by atoms with Gasteiger partial charge in [0, 0.05) is 18.6 Å². The topological polar surface area (TPSA) is 29.3 Å². The van der Waals surface area contributed by atoms with Crippen LogP contribution in [0.4, 0.5) is 0 Å². The molecule has 1 aliphatic carbocycles. The molecule has 16 heavy (non-hydrogen) atoms. The van der Waals surface area contributed by atoms with Crippen LogP contribution in [0.3, 0.4) is 0 Å². The van der Waals surface area contributed by atoms with E-state index < -0.39 is 0 Å². The molecule has 0 heterocycles. The van der Waals surface area contributed by atoms with Crippen LogP contribution < -0.4 is 5.73 Å². The maximum absolute atomic E-state index is 6.34. The SMILES string of the molecule is CC1CC(C)C(N(C)CC(C)(C)C)C(N)C1.